The lowest BCUT2D eigenvalue weighted by atomic mass is 10.1. The number of rotatable bonds is 3. The molecule has 0 unspecified atom stereocenters. The number of nitrogens with zero attached hydrogens (tertiary/aromatic N) is 2. The summed E-state index contributed by atoms with van der Waals surface area (Å²) >= 11 is 5.95. The first kappa shape index (κ1) is 13.0. The Morgan fingerprint density at radius 1 is 1.11 bits per heavy atom. The van der Waals surface area contributed by atoms with Crippen LogP contribution in [0.5, 0.6) is 0 Å². The van der Waals surface area contributed by atoms with Crippen molar-refractivity contribution in [1.82, 2.24) is 9.55 Å². The Labute approximate surface area is 119 Å². The topological polar surface area (TPSA) is 17.8 Å². The summed E-state index contributed by atoms with van der Waals surface area (Å²) in [5.74, 6) is 1.82. The summed E-state index contributed by atoms with van der Waals surface area (Å²) < 4.78 is 2.48. The lowest BCUT2D eigenvalue weighted by Gasteiger charge is -2.20. The van der Waals surface area contributed by atoms with Crippen LogP contribution in [0.2, 0.25) is 0 Å². The number of halogens is 1. The van der Waals surface area contributed by atoms with Crippen molar-refractivity contribution in [3.8, 4) is 0 Å². The maximum absolute atomic E-state index is 5.95. The van der Waals surface area contributed by atoms with Crippen molar-refractivity contribution in [2.24, 2.45) is 0 Å². The highest BCUT2D eigenvalue weighted by molar-refractivity contribution is 6.17. The number of para-hydroxylation sites is 2. The molecule has 1 aliphatic rings. The van der Waals surface area contributed by atoms with Gasteiger partial charge in [0.2, 0.25) is 0 Å². The minimum Gasteiger partial charge on any atom is -0.325 e. The molecule has 0 saturated heterocycles. The van der Waals surface area contributed by atoms with Crippen LogP contribution in [0.1, 0.15) is 50.4 Å². The predicted octanol–water partition coefficient (Wildman–Crippen LogP) is 4.71. The number of fused-ring (bicyclic) bond motifs is 1. The second-order valence-electron chi connectivity index (χ2n) is 5.47. The monoisotopic (exact) mass is 276 g/mol. The Kier molecular flexibility index (Phi) is 4.07. The normalized spacial score (nSPS) is 17.7. The standard InChI is InChI=1S/C16H21ClN2/c17-12-11-16-18-14-9-5-6-10-15(14)19(16)13-7-3-1-2-4-8-13/h5-6,9-10,13H,1-4,7-8,11-12H2. The Morgan fingerprint density at radius 3 is 2.58 bits per heavy atom. The number of hydrogen-bond donors (Lipinski definition) is 0. The average molecular weight is 277 g/mol. The Hall–Kier alpha value is -1.02. The average Bonchev–Trinajstić information content (AvgIpc) is 2.61. The molecule has 0 bridgehead atoms. The number of benzene rings is 1. The van der Waals surface area contributed by atoms with Crippen molar-refractivity contribution in [3.05, 3.63) is 30.1 Å². The van der Waals surface area contributed by atoms with E-state index in [0.29, 0.717) is 11.9 Å². The van der Waals surface area contributed by atoms with Gasteiger partial charge < -0.3 is 4.57 Å². The molecule has 0 atom stereocenters. The minimum atomic E-state index is 0.619. The van der Waals surface area contributed by atoms with Gasteiger partial charge in [-0.1, -0.05) is 37.8 Å². The van der Waals surface area contributed by atoms with E-state index in [4.69, 9.17) is 16.6 Å². The smallest absolute Gasteiger partial charge is 0.111 e. The summed E-state index contributed by atoms with van der Waals surface area (Å²) in [4.78, 5) is 4.79. The van der Waals surface area contributed by atoms with Crippen molar-refractivity contribution in [2.75, 3.05) is 5.88 Å². The molecule has 1 aliphatic carbocycles. The fourth-order valence-corrected chi connectivity index (χ4v) is 3.45. The Balaban J connectivity index is 2.05. The minimum absolute atomic E-state index is 0.619. The molecule has 102 valence electrons. The summed E-state index contributed by atoms with van der Waals surface area (Å²) in [5, 5.41) is 0. The van der Waals surface area contributed by atoms with E-state index in [1.54, 1.807) is 0 Å². The zero-order valence-electron chi connectivity index (χ0n) is 11.3. The van der Waals surface area contributed by atoms with Gasteiger partial charge in [-0.3, -0.25) is 0 Å². The summed E-state index contributed by atoms with van der Waals surface area (Å²) in [6, 6.07) is 9.11. The summed E-state index contributed by atoms with van der Waals surface area (Å²) in [5.41, 5.74) is 2.40. The van der Waals surface area contributed by atoms with E-state index < -0.39 is 0 Å². The van der Waals surface area contributed by atoms with Crippen LogP contribution in [0.4, 0.5) is 0 Å². The quantitative estimate of drug-likeness (QED) is 0.586. The van der Waals surface area contributed by atoms with E-state index >= 15 is 0 Å². The number of alkyl halides is 1. The molecule has 0 spiro atoms. The largest absolute Gasteiger partial charge is 0.325 e. The molecule has 1 aromatic carbocycles. The summed E-state index contributed by atoms with van der Waals surface area (Å²) in [6.07, 6.45) is 8.90. The molecule has 1 fully saturated rings. The predicted molar refractivity (Wildman–Crippen MR) is 80.9 cm³/mol. The first-order valence-corrected chi connectivity index (χ1v) is 7.95. The molecule has 3 rings (SSSR count). The maximum Gasteiger partial charge on any atom is 0.111 e. The maximum atomic E-state index is 5.95. The van der Waals surface area contributed by atoms with Crippen LogP contribution in [0, 0.1) is 0 Å². The molecule has 0 amide bonds. The van der Waals surface area contributed by atoms with Gasteiger partial charge in [-0.05, 0) is 25.0 Å². The summed E-state index contributed by atoms with van der Waals surface area (Å²) in [7, 11) is 0. The highest BCUT2D eigenvalue weighted by atomic mass is 35.5. The van der Waals surface area contributed by atoms with Crippen LogP contribution >= 0.6 is 11.6 Å². The van der Waals surface area contributed by atoms with Gasteiger partial charge >= 0.3 is 0 Å². The van der Waals surface area contributed by atoms with E-state index in [1.807, 2.05) is 0 Å². The van der Waals surface area contributed by atoms with E-state index in [0.717, 1.165) is 11.9 Å². The first-order chi connectivity index (χ1) is 9.40. The molecule has 19 heavy (non-hydrogen) atoms. The Morgan fingerprint density at radius 2 is 1.84 bits per heavy atom. The van der Waals surface area contributed by atoms with Crippen molar-refractivity contribution in [1.29, 1.82) is 0 Å². The number of imidazole rings is 1. The van der Waals surface area contributed by atoms with Gasteiger partial charge in [0, 0.05) is 18.3 Å². The molecule has 0 N–H and O–H groups in total. The molecule has 2 nitrogen and oxygen atoms in total. The lowest BCUT2D eigenvalue weighted by molar-refractivity contribution is 0.441. The molecular formula is C16H21ClN2. The van der Waals surface area contributed by atoms with E-state index in [2.05, 4.69) is 28.8 Å². The van der Waals surface area contributed by atoms with Gasteiger partial charge in [0.15, 0.2) is 0 Å². The fourth-order valence-electron chi connectivity index (χ4n) is 3.28. The highest BCUT2D eigenvalue weighted by Crippen LogP contribution is 2.31. The third-order valence-electron chi connectivity index (χ3n) is 4.18. The molecular weight excluding hydrogens is 256 g/mol. The van der Waals surface area contributed by atoms with Crippen molar-refractivity contribution in [3.63, 3.8) is 0 Å². The summed E-state index contributed by atoms with van der Waals surface area (Å²) in [6.45, 7) is 0. The molecule has 2 aromatic rings. The van der Waals surface area contributed by atoms with Crippen LogP contribution in [0.25, 0.3) is 11.0 Å². The van der Waals surface area contributed by atoms with Crippen LogP contribution < -0.4 is 0 Å². The molecule has 3 heteroatoms. The van der Waals surface area contributed by atoms with Crippen LogP contribution in [-0.4, -0.2) is 15.4 Å². The van der Waals surface area contributed by atoms with E-state index in [1.165, 1.54) is 49.9 Å². The second-order valence-corrected chi connectivity index (χ2v) is 5.85. The van der Waals surface area contributed by atoms with Crippen molar-refractivity contribution < 1.29 is 0 Å². The van der Waals surface area contributed by atoms with Gasteiger partial charge in [0.05, 0.1) is 11.0 Å². The lowest BCUT2D eigenvalue weighted by Crippen LogP contribution is -2.12. The van der Waals surface area contributed by atoms with Crippen LogP contribution in [-0.2, 0) is 6.42 Å². The highest BCUT2D eigenvalue weighted by Gasteiger charge is 2.19. The zero-order valence-corrected chi connectivity index (χ0v) is 12.1. The number of aromatic nitrogens is 2. The molecule has 1 saturated carbocycles. The number of aryl methyl sites for hydroxylation is 1. The van der Waals surface area contributed by atoms with Gasteiger partial charge in [0.25, 0.3) is 0 Å². The third kappa shape index (κ3) is 2.64. The Bertz CT molecular complexity index is 539. The molecule has 0 aliphatic heterocycles. The molecule has 1 aromatic heterocycles. The molecule has 0 radical (unpaired) electrons. The second kappa shape index (κ2) is 5.96. The van der Waals surface area contributed by atoms with Gasteiger partial charge in [0.1, 0.15) is 5.82 Å². The van der Waals surface area contributed by atoms with Crippen LogP contribution in [0.15, 0.2) is 24.3 Å². The van der Waals surface area contributed by atoms with Crippen molar-refractivity contribution >= 4 is 22.6 Å². The van der Waals surface area contributed by atoms with E-state index in [9.17, 15) is 0 Å². The number of hydrogen-bond acceptors (Lipinski definition) is 1. The van der Waals surface area contributed by atoms with Gasteiger partial charge in [-0.25, -0.2) is 4.98 Å². The van der Waals surface area contributed by atoms with Crippen LogP contribution in [0.3, 0.4) is 0 Å². The SMILES string of the molecule is ClCCc1nc2ccccc2n1C1CCCCCC1. The zero-order chi connectivity index (χ0) is 13.1. The van der Waals surface area contributed by atoms with Gasteiger partial charge in [-0.15, -0.1) is 11.6 Å². The van der Waals surface area contributed by atoms with E-state index in [-0.39, 0.29) is 0 Å². The first-order valence-electron chi connectivity index (χ1n) is 7.42. The fraction of sp³-hybridized carbons (Fsp3) is 0.562. The van der Waals surface area contributed by atoms with Gasteiger partial charge in [-0.2, -0.15) is 0 Å². The molecule has 1 heterocycles. The third-order valence-corrected chi connectivity index (χ3v) is 4.37. The van der Waals surface area contributed by atoms with Crippen molar-refractivity contribution in [2.45, 2.75) is 51.0 Å².